The Bertz CT molecular complexity index is 2480. The first-order valence-electron chi connectivity index (χ1n) is 16.4. The zero-order chi connectivity index (χ0) is 32.4. The Labute approximate surface area is 275 Å². The molecule has 0 N–H and O–H groups in total. The molecule has 0 saturated carbocycles. The summed E-state index contributed by atoms with van der Waals surface area (Å²) in [6.07, 6.45) is 10.4. The molecule has 3 aromatic heterocycles. The average Bonchev–Trinajstić information content (AvgIpc) is 3.63. The topological polar surface area (TPSA) is 43.9 Å². The first-order chi connectivity index (χ1) is 22.8. The lowest BCUT2D eigenvalue weighted by molar-refractivity contribution is 0.630. The van der Waals surface area contributed by atoms with Gasteiger partial charge in [-0.25, -0.2) is 9.97 Å². The molecule has 0 aliphatic carbocycles. The van der Waals surface area contributed by atoms with Crippen molar-refractivity contribution in [3.63, 3.8) is 0 Å². The summed E-state index contributed by atoms with van der Waals surface area (Å²) in [5, 5.41) is 2.30. The number of hydrogen-bond acceptors (Lipinski definition) is 3. The van der Waals surface area contributed by atoms with Gasteiger partial charge in [0.2, 0.25) is 0 Å². The summed E-state index contributed by atoms with van der Waals surface area (Å²) in [6.45, 7) is 12.9. The molecule has 1 aliphatic heterocycles. The van der Waals surface area contributed by atoms with Crippen molar-refractivity contribution in [1.29, 1.82) is 0 Å². The highest BCUT2D eigenvalue weighted by Crippen LogP contribution is 2.50. The highest BCUT2D eigenvalue weighted by atomic mass is 16.3. The molecule has 230 valence electrons. The maximum Gasteiger partial charge on any atom is 0.161 e. The number of nitrogens with zero attached hydrogens (tertiary/aromatic N) is 3. The number of para-hydroxylation sites is 2. The lowest BCUT2D eigenvalue weighted by Gasteiger charge is -2.35. The zero-order valence-corrected chi connectivity index (χ0v) is 27.7. The lowest BCUT2D eigenvalue weighted by Crippen LogP contribution is -2.26. The van der Waals surface area contributed by atoms with Crippen LogP contribution in [0.2, 0.25) is 0 Å². The molecule has 0 radical (unpaired) electrons. The van der Waals surface area contributed by atoms with E-state index in [0.29, 0.717) is 0 Å². The van der Waals surface area contributed by atoms with Crippen LogP contribution in [-0.2, 0) is 5.41 Å². The average molecular weight is 612 g/mol. The van der Waals surface area contributed by atoms with Gasteiger partial charge in [-0.15, -0.1) is 0 Å². The minimum Gasteiger partial charge on any atom is -0.454 e. The van der Waals surface area contributed by atoms with E-state index in [1.807, 2.05) is 26.0 Å². The summed E-state index contributed by atoms with van der Waals surface area (Å²) in [4.78, 5) is 10.1. The largest absolute Gasteiger partial charge is 0.454 e. The molecule has 0 fully saturated rings. The molecule has 47 heavy (non-hydrogen) atoms. The Hall–Kier alpha value is -5.48. The molecule has 1 aliphatic rings. The van der Waals surface area contributed by atoms with Crippen LogP contribution in [0.25, 0.3) is 72.8 Å². The molecule has 0 bridgehead atoms. The van der Waals surface area contributed by atoms with Crippen LogP contribution in [0, 0.1) is 6.92 Å². The second-order valence-corrected chi connectivity index (χ2v) is 12.9. The van der Waals surface area contributed by atoms with Crippen LogP contribution >= 0.6 is 0 Å². The third-order valence-electron chi connectivity index (χ3n) is 9.77. The summed E-state index contributed by atoms with van der Waals surface area (Å²) in [5.74, 6) is 0.723. The minimum absolute atomic E-state index is 0.212. The number of fused-ring (bicyclic) bond motifs is 7. The van der Waals surface area contributed by atoms with Gasteiger partial charge in [-0.3, -0.25) is 0 Å². The fourth-order valence-corrected chi connectivity index (χ4v) is 7.41. The Morgan fingerprint density at radius 1 is 0.745 bits per heavy atom. The van der Waals surface area contributed by atoms with E-state index in [1.165, 1.54) is 27.9 Å². The highest BCUT2D eigenvalue weighted by Gasteiger charge is 2.36. The maximum absolute atomic E-state index is 6.49. The van der Waals surface area contributed by atoms with Crippen molar-refractivity contribution in [2.45, 2.75) is 47.0 Å². The van der Waals surface area contributed by atoms with Gasteiger partial charge in [-0.2, -0.15) is 0 Å². The second kappa shape index (κ2) is 10.8. The van der Waals surface area contributed by atoms with Gasteiger partial charge in [0.05, 0.1) is 22.6 Å². The van der Waals surface area contributed by atoms with Crippen molar-refractivity contribution >= 4 is 44.6 Å². The Balaban J connectivity index is 1.31. The Kier molecular flexibility index (Phi) is 6.66. The smallest absolute Gasteiger partial charge is 0.161 e. The molecule has 4 heterocycles. The van der Waals surface area contributed by atoms with E-state index in [9.17, 15) is 0 Å². The number of rotatable bonds is 5. The maximum atomic E-state index is 6.49. The molecule has 0 amide bonds. The molecule has 0 saturated heterocycles. The van der Waals surface area contributed by atoms with Gasteiger partial charge in [-0.05, 0) is 98.0 Å². The Morgan fingerprint density at radius 3 is 2.32 bits per heavy atom. The molecule has 4 heteroatoms. The van der Waals surface area contributed by atoms with Crippen molar-refractivity contribution < 1.29 is 4.42 Å². The van der Waals surface area contributed by atoms with Crippen molar-refractivity contribution in [3.05, 3.63) is 137 Å². The molecule has 7 aromatic rings. The van der Waals surface area contributed by atoms with Crippen LogP contribution in [-0.4, -0.2) is 14.5 Å². The molecule has 0 spiro atoms. The summed E-state index contributed by atoms with van der Waals surface area (Å²) in [6, 6.07) is 30.5. The number of benzene rings is 4. The first kappa shape index (κ1) is 29.0. The normalized spacial score (nSPS) is 14.3. The van der Waals surface area contributed by atoms with Gasteiger partial charge >= 0.3 is 0 Å². The van der Waals surface area contributed by atoms with Crippen LogP contribution in [0.15, 0.2) is 114 Å². The standard InChI is InChI=1S/C43H37N3O/c1-7-14-27(9-3)38-26(4)35(15-8-2)44-42(45-38)30-17-12-16-28(24-30)29-22-23-36-34(25-29)43(5,6)33-20-13-19-32-39(33)46(36)40-31-18-10-11-21-37(31)47-41(32)40/h7-25H,1-6H3/b14-7-,15-8-,27-9+. The molecule has 8 rings (SSSR count). The van der Waals surface area contributed by atoms with E-state index in [2.05, 4.69) is 135 Å². The van der Waals surface area contributed by atoms with Gasteiger partial charge in [-0.1, -0.05) is 86.7 Å². The summed E-state index contributed by atoms with van der Waals surface area (Å²) < 4.78 is 8.92. The van der Waals surface area contributed by atoms with Gasteiger partial charge < -0.3 is 8.98 Å². The van der Waals surface area contributed by atoms with E-state index >= 15 is 0 Å². The van der Waals surface area contributed by atoms with Crippen LogP contribution in [0.4, 0.5) is 0 Å². The van der Waals surface area contributed by atoms with Crippen LogP contribution < -0.4 is 0 Å². The predicted octanol–water partition coefficient (Wildman–Crippen LogP) is 11.6. The molecule has 4 nitrogen and oxygen atoms in total. The summed E-state index contributed by atoms with van der Waals surface area (Å²) in [5.41, 5.74) is 15.2. The van der Waals surface area contributed by atoms with Crippen molar-refractivity contribution in [2.75, 3.05) is 0 Å². The predicted molar refractivity (Wildman–Crippen MR) is 197 cm³/mol. The van der Waals surface area contributed by atoms with Gasteiger partial charge in [0, 0.05) is 27.3 Å². The van der Waals surface area contributed by atoms with Crippen molar-refractivity contribution in [2.24, 2.45) is 0 Å². The highest BCUT2D eigenvalue weighted by molar-refractivity contribution is 6.17. The van der Waals surface area contributed by atoms with Gasteiger partial charge in [0.15, 0.2) is 11.4 Å². The number of hydrogen-bond donors (Lipinski definition) is 0. The minimum atomic E-state index is -0.212. The number of allylic oxidation sites excluding steroid dienone is 5. The van der Waals surface area contributed by atoms with Crippen LogP contribution in [0.3, 0.4) is 0 Å². The monoisotopic (exact) mass is 611 g/mol. The summed E-state index contributed by atoms with van der Waals surface area (Å²) in [7, 11) is 0. The van der Waals surface area contributed by atoms with Crippen molar-refractivity contribution in [1.82, 2.24) is 14.5 Å². The van der Waals surface area contributed by atoms with Gasteiger partial charge in [0.1, 0.15) is 11.1 Å². The summed E-state index contributed by atoms with van der Waals surface area (Å²) >= 11 is 0. The third kappa shape index (κ3) is 4.28. The van der Waals surface area contributed by atoms with E-state index in [4.69, 9.17) is 14.4 Å². The third-order valence-corrected chi connectivity index (χ3v) is 9.77. The molecular weight excluding hydrogens is 574 g/mol. The molecular formula is C43H37N3O. The van der Waals surface area contributed by atoms with E-state index in [1.54, 1.807) is 0 Å². The molecule has 0 unspecified atom stereocenters. The number of furan rings is 1. The van der Waals surface area contributed by atoms with E-state index < -0.39 is 0 Å². The van der Waals surface area contributed by atoms with E-state index in [0.717, 1.165) is 66.9 Å². The quantitative estimate of drug-likeness (QED) is 0.182. The fraction of sp³-hybridized carbons (Fsp3) is 0.163. The Morgan fingerprint density at radius 2 is 1.51 bits per heavy atom. The van der Waals surface area contributed by atoms with Gasteiger partial charge in [0.25, 0.3) is 0 Å². The van der Waals surface area contributed by atoms with Crippen LogP contribution in [0.1, 0.15) is 62.7 Å². The first-order valence-corrected chi connectivity index (χ1v) is 16.4. The SMILES string of the molecule is C/C=C\C(=C/C)c1nc(-c2cccc(-c3ccc4c(c3)C(C)(C)c3cccc5c6oc7ccccc7c6n-4c35)c2)nc(/C=C\C)c1C. The van der Waals surface area contributed by atoms with Crippen molar-refractivity contribution in [3.8, 4) is 28.2 Å². The second-order valence-electron chi connectivity index (χ2n) is 12.9. The zero-order valence-electron chi connectivity index (χ0n) is 27.7. The van der Waals surface area contributed by atoms with Crippen LogP contribution in [0.5, 0.6) is 0 Å². The number of aromatic nitrogens is 3. The molecule has 0 atom stereocenters. The lowest BCUT2D eigenvalue weighted by atomic mass is 9.74. The molecule has 4 aromatic carbocycles. The van der Waals surface area contributed by atoms with E-state index in [-0.39, 0.29) is 5.41 Å². The fourth-order valence-electron chi connectivity index (χ4n) is 7.41.